The van der Waals surface area contributed by atoms with Crippen LogP contribution < -0.4 is 0 Å². The largest absolute Gasteiger partial charge is 0.365 e. The van der Waals surface area contributed by atoms with Gasteiger partial charge in [-0.1, -0.05) is 41.7 Å². The SMILES string of the molecule is CC(C)=CCOCC#Cc1ccccc1. The highest BCUT2D eigenvalue weighted by Gasteiger charge is 1.82. The van der Waals surface area contributed by atoms with Crippen molar-refractivity contribution in [3.8, 4) is 11.8 Å². The van der Waals surface area contributed by atoms with Crippen molar-refractivity contribution in [2.24, 2.45) is 0 Å². The monoisotopic (exact) mass is 200 g/mol. The summed E-state index contributed by atoms with van der Waals surface area (Å²) < 4.78 is 5.32. The molecule has 0 amide bonds. The van der Waals surface area contributed by atoms with Gasteiger partial charge in [-0.3, -0.25) is 0 Å². The van der Waals surface area contributed by atoms with Crippen LogP contribution in [-0.4, -0.2) is 13.2 Å². The number of rotatable bonds is 3. The molecule has 0 saturated heterocycles. The molecule has 0 radical (unpaired) electrons. The first kappa shape index (κ1) is 11.6. The molecule has 1 nitrogen and oxygen atoms in total. The fourth-order valence-corrected chi connectivity index (χ4v) is 0.995. The lowest BCUT2D eigenvalue weighted by atomic mass is 10.2. The second kappa shape index (κ2) is 6.86. The van der Waals surface area contributed by atoms with E-state index in [4.69, 9.17) is 4.74 Å². The first-order valence-electron chi connectivity index (χ1n) is 5.04. The number of hydrogen-bond donors (Lipinski definition) is 0. The van der Waals surface area contributed by atoms with Gasteiger partial charge < -0.3 is 4.74 Å². The molecule has 0 aliphatic heterocycles. The number of hydrogen-bond acceptors (Lipinski definition) is 1. The summed E-state index contributed by atoms with van der Waals surface area (Å²) in [5.41, 5.74) is 2.30. The van der Waals surface area contributed by atoms with Gasteiger partial charge in [0, 0.05) is 5.56 Å². The van der Waals surface area contributed by atoms with E-state index < -0.39 is 0 Å². The maximum Gasteiger partial charge on any atom is 0.108 e. The Bertz CT molecular complexity index is 361. The summed E-state index contributed by atoms with van der Waals surface area (Å²) in [7, 11) is 0. The van der Waals surface area contributed by atoms with Gasteiger partial charge in [-0.25, -0.2) is 0 Å². The molecule has 0 aliphatic rings. The maximum atomic E-state index is 5.32. The van der Waals surface area contributed by atoms with E-state index in [1.807, 2.05) is 36.4 Å². The Morgan fingerprint density at radius 1 is 1.27 bits per heavy atom. The van der Waals surface area contributed by atoms with Crippen LogP contribution in [0.4, 0.5) is 0 Å². The maximum absolute atomic E-state index is 5.32. The molecule has 1 rings (SSSR count). The van der Waals surface area contributed by atoms with Crippen LogP contribution >= 0.6 is 0 Å². The van der Waals surface area contributed by atoms with Crippen LogP contribution in [-0.2, 0) is 4.74 Å². The van der Waals surface area contributed by atoms with Crippen LogP contribution in [0.1, 0.15) is 19.4 Å². The van der Waals surface area contributed by atoms with E-state index >= 15 is 0 Å². The standard InChI is InChI=1S/C14H16O/c1-13(2)10-12-15-11-6-9-14-7-4-3-5-8-14/h3-5,7-8,10H,11-12H2,1-2H3. The van der Waals surface area contributed by atoms with Gasteiger partial charge in [-0.05, 0) is 26.0 Å². The van der Waals surface area contributed by atoms with Gasteiger partial charge in [0.1, 0.15) is 6.61 Å². The molecule has 0 spiro atoms. The molecular weight excluding hydrogens is 184 g/mol. The van der Waals surface area contributed by atoms with Crippen molar-refractivity contribution < 1.29 is 4.74 Å². The summed E-state index contributed by atoms with van der Waals surface area (Å²) in [4.78, 5) is 0. The number of ether oxygens (including phenoxy) is 1. The third kappa shape index (κ3) is 5.72. The van der Waals surface area contributed by atoms with Crippen molar-refractivity contribution in [3.63, 3.8) is 0 Å². The van der Waals surface area contributed by atoms with Crippen molar-refractivity contribution in [2.45, 2.75) is 13.8 Å². The van der Waals surface area contributed by atoms with Gasteiger partial charge >= 0.3 is 0 Å². The first-order valence-corrected chi connectivity index (χ1v) is 5.04. The van der Waals surface area contributed by atoms with E-state index in [0.717, 1.165) is 5.56 Å². The molecule has 0 bridgehead atoms. The van der Waals surface area contributed by atoms with E-state index in [0.29, 0.717) is 13.2 Å². The van der Waals surface area contributed by atoms with Crippen LogP contribution in [0.3, 0.4) is 0 Å². The average Bonchev–Trinajstić information content (AvgIpc) is 2.24. The third-order valence-electron chi connectivity index (χ3n) is 1.79. The van der Waals surface area contributed by atoms with Gasteiger partial charge in [-0.2, -0.15) is 0 Å². The zero-order valence-corrected chi connectivity index (χ0v) is 9.29. The fraction of sp³-hybridized carbons (Fsp3) is 0.286. The molecule has 0 aliphatic carbocycles. The molecule has 78 valence electrons. The zero-order chi connectivity index (χ0) is 10.9. The molecule has 0 atom stereocenters. The van der Waals surface area contributed by atoms with Gasteiger partial charge in [-0.15, -0.1) is 0 Å². The lowest BCUT2D eigenvalue weighted by molar-refractivity contribution is 0.199. The topological polar surface area (TPSA) is 9.23 Å². The minimum Gasteiger partial charge on any atom is -0.365 e. The molecule has 0 fully saturated rings. The second-order valence-corrected chi connectivity index (χ2v) is 3.46. The van der Waals surface area contributed by atoms with Gasteiger partial charge in [0.15, 0.2) is 0 Å². The van der Waals surface area contributed by atoms with Gasteiger partial charge in [0.05, 0.1) is 6.61 Å². The summed E-state index contributed by atoms with van der Waals surface area (Å²) in [6, 6.07) is 9.92. The van der Waals surface area contributed by atoms with E-state index in [1.54, 1.807) is 0 Å². The Labute approximate surface area is 91.8 Å². The number of allylic oxidation sites excluding steroid dienone is 1. The van der Waals surface area contributed by atoms with E-state index in [9.17, 15) is 0 Å². The molecule has 0 heterocycles. The van der Waals surface area contributed by atoms with Crippen molar-refractivity contribution in [3.05, 3.63) is 47.5 Å². The number of benzene rings is 1. The first-order chi connectivity index (χ1) is 7.29. The minimum atomic E-state index is 0.485. The molecule has 0 saturated carbocycles. The van der Waals surface area contributed by atoms with E-state index in [1.165, 1.54) is 5.57 Å². The lowest BCUT2D eigenvalue weighted by Crippen LogP contribution is -1.91. The summed E-state index contributed by atoms with van der Waals surface area (Å²) in [5, 5.41) is 0. The molecule has 1 aromatic rings. The summed E-state index contributed by atoms with van der Waals surface area (Å²) in [6.45, 7) is 5.24. The molecule has 1 aromatic carbocycles. The normalized spacial score (nSPS) is 8.93. The summed E-state index contributed by atoms with van der Waals surface area (Å²) in [5.74, 6) is 6.01. The Hall–Kier alpha value is -1.52. The van der Waals surface area contributed by atoms with Crippen LogP contribution in [0.2, 0.25) is 0 Å². The smallest absolute Gasteiger partial charge is 0.108 e. The predicted molar refractivity (Wildman–Crippen MR) is 63.6 cm³/mol. The Morgan fingerprint density at radius 3 is 2.67 bits per heavy atom. The fourth-order valence-electron chi connectivity index (χ4n) is 0.995. The summed E-state index contributed by atoms with van der Waals surface area (Å²) >= 11 is 0. The quantitative estimate of drug-likeness (QED) is 0.414. The molecule has 0 N–H and O–H groups in total. The molecule has 15 heavy (non-hydrogen) atoms. The Kier molecular flexibility index (Phi) is 5.29. The van der Waals surface area contributed by atoms with Gasteiger partial charge in [0.2, 0.25) is 0 Å². The van der Waals surface area contributed by atoms with Crippen LogP contribution in [0.15, 0.2) is 42.0 Å². The molecule has 0 aromatic heterocycles. The van der Waals surface area contributed by atoms with Crippen LogP contribution in [0, 0.1) is 11.8 Å². The van der Waals surface area contributed by atoms with E-state index in [-0.39, 0.29) is 0 Å². The lowest BCUT2D eigenvalue weighted by Gasteiger charge is -1.93. The molecular formula is C14H16O. The highest BCUT2D eigenvalue weighted by molar-refractivity contribution is 5.33. The van der Waals surface area contributed by atoms with Crippen molar-refractivity contribution >= 4 is 0 Å². The second-order valence-electron chi connectivity index (χ2n) is 3.46. The van der Waals surface area contributed by atoms with Crippen molar-refractivity contribution in [1.82, 2.24) is 0 Å². The third-order valence-corrected chi connectivity index (χ3v) is 1.79. The molecule has 0 unspecified atom stereocenters. The average molecular weight is 200 g/mol. The molecule has 1 heteroatoms. The Morgan fingerprint density at radius 2 is 2.00 bits per heavy atom. The van der Waals surface area contributed by atoms with Crippen molar-refractivity contribution in [1.29, 1.82) is 0 Å². The van der Waals surface area contributed by atoms with E-state index in [2.05, 4.69) is 25.7 Å². The summed E-state index contributed by atoms with van der Waals surface area (Å²) in [6.07, 6.45) is 2.05. The van der Waals surface area contributed by atoms with Crippen LogP contribution in [0.25, 0.3) is 0 Å². The minimum absolute atomic E-state index is 0.485. The Balaban J connectivity index is 2.26. The predicted octanol–water partition coefficient (Wildman–Crippen LogP) is 3.02. The highest BCUT2D eigenvalue weighted by Crippen LogP contribution is 1.94. The van der Waals surface area contributed by atoms with Crippen LogP contribution in [0.5, 0.6) is 0 Å². The highest BCUT2D eigenvalue weighted by atomic mass is 16.5. The zero-order valence-electron chi connectivity index (χ0n) is 9.29. The van der Waals surface area contributed by atoms with Crippen molar-refractivity contribution in [2.75, 3.05) is 13.2 Å². The van der Waals surface area contributed by atoms with Gasteiger partial charge in [0.25, 0.3) is 0 Å².